The molecule has 0 radical (unpaired) electrons. The normalized spacial score (nSPS) is 11.3. The molecule has 0 aliphatic rings. The monoisotopic (exact) mass is 191 g/mol. The summed E-state index contributed by atoms with van der Waals surface area (Å²) in [6.07, 6.45) is 0. The molecule has 7 heteroatoms. The Morgan fingerprint density at radius 1 is 1.31 bits per heavy atom. The molecule has 0 aromatic carbocycles. The first-order chi connectivity index (χ1) is 5.77. The minimum absolute atomic E-state index is 1.13. The fourth-order valence-corrected chi connectivity index (χ4v) is 0.952. The Labute approximate surface area is 73.1 Å². The van der Waals surface area contributed by atoms with Crippen molar-refractivity contribution in [2.45, 2.75) is 19.4 Å². The summed E-state index contributed by atoms with van der Waals surface area (Å²) in [6, 6.07) is 0. The second-order valence-electron chi connectivity index (χ2n) is 2.79. The van der Waals surface area contributed by atoms with Gasteiger partial charge in [0.25, 0.3) is 0 Å². The van der Waals surface area contributed by atoms with E-state index in [0.717, 1.165) is 0 Å². The van der Waals surface area contributed by atoms with Gasteiger partial charge in [-0.15, -0.1) is 0 Å². The average molecular weight is 191 g/mol. The quantitative estimate of drug-likeness (QED) is 0.361. The summed E-state index contributed by atoms with van der Waals surface area (Å²) in [5.41, 5.74) is -2.94. The molecule has 0 atom stereocenters. The number of carboxylic acid groups (broad SMARTS) is 2. The molecule has 0 saturated carbocycles. The van der Waals surface area contributed by atoms with E-state index in [4.69, 9.17) is 10.2 Å². The van der Waals surface area contributed by atoms with Crippen LogP contribution in [-0.2, 0) is 9.59 Å². The van der Waals surface area contributed by atoms with Gasteiger partial charge >= 0.3 is 17.5 Å². The molecule has 0 unspecified atom stereocenters. The van der Waals surface area contributed by atoms with E-state index in [1.54, 1.807) is 0 Å². The summed E-state index contributed by atoms with van der Waals surface area (Å²) in [7, 11) is 0. The lowest BCUT2D eigenvalue weighted by Crippen LogP contribution is -2.57. The molecule has 7 nitrogen and oxygen atoms in total. The molecule has 0 rings (SSSR count). The number of nitro groups is 1. The second kappa shape index (κ2) is 3.38. The van der Waals surface area contributed by atoms with Crippen molar-refractivity contribution >= 4 is 11.9 Å². The highest BCUT2D eigenvalue weighted by atomic mass is 16.6. The highest BCUT2D eigenvalue weighted by molar-refractivity contribution is 6.01. The minimum atomic E-state index is -2.94. The van der Waals surface area contributed by atoms with E-state index in [1.807, 2.05) is 0 Å². The van der Waals surface area contributed by atoms with E-state index >= 15 is 0 Å². The van der Waals surface area contributed by atoms with Crippen LogP contribution in [-0.4, -0.2) is 32.6 Å². The maximum atomic E-state index is 10.5. The van der Waals surface area contributed by atoms with Gasteiger partial charge < -0.3 is 10.2 Å². The molecule has 0 amide bonds. The third kappa shape index (κ3) is 1.44. The summed E-state index contributed by atoms with van der Waals surface area (Å²) >= 11 is 0. The van der Waals surface area contributed by atoms with Crippen molar-refractivity contribution < 1.29 is 24.7 Å². The topological polar surface area (TPSA) is 118 Å². The van der Waals surface area contributed by atoms with E-state index in [0.29, 0.717) is 0 Å². The predicted molar refractivity (Wildman–Crippen MR) is 39.8 cm³/mol. The van der Waals surface area contributed by atoms with Crippen molar-refractivity contribution in [2.75, 3.05) is 0 Å². The van der Waals surface area contributed by atoms with Gasteiger partial charge in [0.05, 0.1) is 4.92 Å². The van der Waals surface area contributed by atoms with E-state index < -0.39 is 28.3 Å². The molecule has 0 bridgehead atoms. The van der Waals surface area contributed by atoms with Crippen molar-refractivity contribution in [3.8, 4) is 0 Å². The number of carboxylic acids is 2. The molecule has 74 valence electrons. The number of hydrogen-bond donors (Lipinski definition) is 2. The Morgan fingerprint density at radius 2 is 1.62 bits per heavy atom. The zero-order valence-electron chi connectivity index (χ0n) is 7.05. The zero-order valence-corrected chi connectivity index (χ0v) is 7.05. The Kier molecular flexibility index (Phi) is 2.95. The SMILES string of the molecule is CC(C)C(C(=O)O)(C(=O)O)[N+](=O)[O-]. The standard InChI is InChI=1S/C6H9NO6/c1-3(2)6(4(8)9,5(10)11)7(12)13/h3H,1-2H3,(H,8,9)(H,10,11). The third-order valence-electron chi connectivity index (χ3n) is 1.78. The van der Waals surface area contributed by atoms with E-state index in [-0.39, 0.29) is 0 Å². The van der Waals surface area contributed by atoms with Gasteiger partial charge in [-0.1, -0.05) is 13.8 Å². The van der Waals surface area contributed by atoms with Crippen LogP contribution in [0.5, 0.6) is 0 Å². The van der Waals surface area contributed by atoms with Crippen molar-refractivity contribution in [2.24, 2.45) is 5.92 Å². The molecule has 0 aliphatic carbocycles. The molecule has 2 N–H and O–H groups in total. The smallest absolute Gasteiger partial charge is 0.412 e. The van der Waals surface area contributed by atoms with Crippen LogP contribution in [0.1, 0.15) is 13.8 Å². The van der Waals surface area contributed by atoms with Crippen molar-refractivity contribution in [3.05, 3.63) is 10.1 Å². The Hall–Kier alpha value is -1.66. The van der Waals surface area contributed by atoms with Gasteiger partial charge in [-0.05, 0) is 0 Å². The molecule has 13 heavy (non-hydrogen) atoms. The van der Waals surface area contributed by atoms with Gasteiger partial charge in [0, 0.05) is 5.92 Å². The van der Waals surface area contributed by atoms with Crippen LogP contribution in [0.2, 0.25) is 0 Å². The van der Waals surface area contributed by atoms with Gasteiger partial charge in [0.15, 0.2) is 0 Å². The van der Waals surface area contributed by atoms with Gasteiger partial charge in [-0.3, -0.25) is 10.1 Å². The maximum absolute atomic E-state index is 10.5. The average Bonchev–Trinajstić information content (AvgIpc) is 1.82. The zero-order chi connectivity index (χ0) is 10.8. The summed E-state index contributed by atoms with van der Waals surface area (Å²) in [5, 5.41) is 27.4. The number of rotatable bonds is 4. The molecular weight excluding hydrogens is 182 g/mol. The first kappa shape index (κ1) is 11.3. The van der Waals surface area contributed by atoms with Gasteiger partial charge in [0.2, 0.25) is 0 Å². The number of aliphatic carboxylic acids is 2. The van der Waals surface area contributed by atoms with Crippen molar-refractivity contribution in [1.82, 2.24) is 0 Å². The summed E-state index contributed by atoms with van der Waals surface area (Å²) in [6.45, 7) is 2.34. The highest BCUT2D eigenvalue weighted by Gasteiger charge is 2.62. The highest BCUT2D eigenvalue weighted by Crippen LogP contribution is 2.21. The lowest BCUT2D eigenvalue weighted by molar-refractivity contribution is -0.549. The fraction of sp³-hybridized carbons (Fsp3) is 0.667. The number of hydrogen-bond acceptors (Lipinski definition) is 4. The lowest BCUT2D eigenvalue weighted by Gasteiger charge is -2.19. The largest absolute Gasteiger partial charge is 0.475 e. The Morgan fingerprint density at radius 3 is 1.62 bits per heavy atom. The molecule has 0 heterocycles. The van der Waals surface area contributed by atoms with E-state index in [2.05, 4.69) is 0 Å². The van der Waals surface area contributed by atoms with Gasteiger partial charge in [-0.2, -0.15) is 0 Å². The molecule has 0 spiro atoms. The number of carbonyl (C=O) groups is 2. The fourth-order valence-electron chi connectivity index (χ4n) is 0.952. The summed E-state index contributed by atoms with van der Waals surface area (Å²) in [5.74, 6) is -5.04. The summed E-state index contributed by atoms with van der Waals surface area (Å²) in [4.78, 5) is 30.1. The van der Waals surface area contributed by atoms with Crippen LogP contribution in [0, 0.1) is 16.0 Å². The molecular formula is C6H9NO6. The predicted octanol–water partition coefficient (Wildman–Crippen LogP) is -0.173. The van der Waals surface area contributed by atoms with Crippen LogP contribution in [0.25, 0.3) is 0 Å². The van der Waals surface area contributed by atoms with E-state index in [1.165, 1.54) is 13.8 Å². The van der Waals surface area contributed by atoms with Crippen molar-refractivity contribution in [3.63, 3.8) is 0 Å². The van der Waals surface area contributed by atoms with Crippen LogP contribution in [0.4, 0.5) is 0 Å². The third-order valence-corrected chi connectivity index (χ3v) is 1.78. The molecule has 0 aromatic rings. The molecule has 0 aromatic heterocycles. The second-order valence-corrected chi connectivity index (χ2v) is 2.79. The molecule has 0 fully saturated rings. The molecule has 0 saturated heterocycles. The van der Waals surface area contributed by atoms with Gasteiger partial charge in [-0.25, -0.2) is 9.59 Å². The lowest BCUT2D eigenvalue weighted by atomic mass is 9.87. The Bertz CT molecular complexity index is 222. The Balaban J connectivity index is 5.46. The number of nitrogens with zero attached hydrogens (tertiary/aromatic N) is 1. The van der Waals surface area contributed by atoms with Crippen LogP contribution >= 0.6 is 0 Å². The van der Waals surface area contributed by atoms with Crippen LogP contribution in [0.3, 0.4) is 0 Å². The summed E-state index contributed by atoms with van der Waals surface area (Å²) < 4.78 is 0. The van der Waals surface area contributed by atoms with Gasteiger partial charge in [0.1, 0.15) is 0 Å². The maximum Gasteiger partial charge on any atom is 0.412 e. The van der Waals surface area contributed by atoms with E-state index in [9.17, 15) is 19.7 Å². The first-order valence-corrected chi connectivity index (χ1v) is 3.39. The van der Waals surface area contributed by atoms with Crippen LogP contribution in [0.15, 0.2) is 0 Å². The minimum Gasteiger partial charge on any atom is -0.475 e. The van der Waals surface area contributed by atoms with Crippen LogP contribution < -0.4 is 0 Å². The first-order valence-electron chi connectivity index (χ1n) is 3.39. The van der Waals surface area contributed by atoms with Crippen molar-refractivity contribution in [1.29, 1.82) is 0 Å². The molecule has 0 aliphatic heterocycles.